The minimum atomic E-state index is -1.20. The molecule has 0 aromatic heterocycles. The van der Waals surface area contributed by atoms with Crippen molar-refractivity contribution in [1.29, 1.82) is 0 Å². The van der Waals surface area contributed by atoms with Crippen molar-refractivity contribution in [1.82, 2.24) is 0 Å². The number of benzene rings is 1. The van der Waals surface area contributed by atoms with Gasteiger partial charge in [0.15, 0.2) is 0 Å². The molecule has 0 radical (unpaired) electrons. The Kier molecular flexibility index (Phi) is 3.94. The van der Waals surface area contributed by atoms with Crippen molar-refractivity contribution in [3.8, 4) is 0 Å². The summed E-state index contributed by atoms with van der Waals surface area (Å²) in [5, 5.41) is 1.64. The first-order valence-electron chi connectivity index (χ1n) is 5.73. The van der Waals surface area contributed by atoms with Crippen LogP contribution in [-0.2, 0) is 0 Å². The van der Waals surface area contributed by atoms with E-state index in [-0.39, 0.29) is 0 Å². The first-order valence-corrected chi connectivity index (χ1v) is 8.22. The van der Waals surface area contributed by atoms with Crippen molar-refractivity contribution in [3.63, 3.8) is 0 Å². The molecule has 0 aliphatic heterocycles. The van der Waals surface area contributed by atoms with Gasteiger partial charge in [-0.25, -0.2) is 0 Å². The van der Waals surface area contributed by atoms with Gasteiger partial charge in [-0.1, -0.05) is 75.3 Å². The van der Waals surface area contributed by atoms with Gasteiger partial charge < -0.3 is 0 Å². The van der Waals surface area contributed by atoms with E-state index in [4.69, 9.17) is 0 Å². The molecule has 14 heavy (non-hydrogen) atoms. The molecule has 0 spiro atoms. The normalized spacial score (nSPS) is 12.1. The van der Waals surface area contributed by atoms with Gasteiger partial charge >= 0.3 is 0 Å². The van der Waals surface area contributed by atoms with Gasteiger partial charge in [-0.2, -0.15) is 0 Å². The van der Waals surface area contributed by atoms with Crippen LogP contribution in [0.2, 0.25) is 17.6 Å². The lowest BCUT2D eigenvalue weighted by Crippen LogP contribution is -2.49. The minimum Gasteiger partial charge on any atom is -0.0675 e. The molecule has 1 rings (SSSR count). The first-order chi connectivity index (χ1) is 6.67. The largest absolute Gasteiger partial charge is 0.0886 e. The zero-order valence-corrected chi connectivity index (χ0v) is 10.9. The van der Waals surface area contributed by atoms with E-state index < -0.39 is 8.07 Å². The van der Waals surface area contributed by atoms with Crippen LogP contribution in [0.5, 0.6) is 0 Å². The fourth-order valence-electron chi connectivity index (χ4n) is 2.58. The van der Waals surface area contributed by atoms with E-state index in [2.05, 4.69) is 58.0 Å². The van der Waals surface area contributed by atoms with Crippen LogP contribution in [0.1, 0.15) is 27.7 Å². The molecular formula is C13H22Si. The summed E-state index contributed by atoms with van der Waals surface area (Å²) >= 11 is 0. The molecule has 0 fully saturated rings. The number of hydrogen-bond donors (Lipinski definition) is 0. The van der Waals surface area contributed by atoms with Gasteiger partial charge in [0.05, 0.1) is 8.07 Å². The summed E-state index contributed by atoms with van der Waals surface area (Å²) in [5.41, 5.74) is 0.847. The smallest absolute Gasteiger partial charge is 0.0675 e. The third kappa shape index (κ3) is 1.93. The highest BCUT2D eigenvalue weighted by Crippen LogP contribution is 2.28. The lowest BCUT2D eigenvalue weighted by Gasteiger charge is -2.34. The Labute approximate surface area is 89.4 Å². The summed E-state index contributed by atoms with van der Waals surface area (Å²) in [7, 11) is -1.20. The zero-order chi connectivity index (χ0) is 10.6. The summed E-state index contributed by atoms with van der Waals surface area (Å²) in [4.78, 5) is 0. The third-order valence-electron chi connectivity index (χ3n) is 3.72. The van der Waals surface area contributed by atoms with Crippen LogP contribution in [0, 0.1) is 0 Å². The van der Waals surface area contributed by atoms with Crippen LogP contribution in [0.15, 0.2) is 30.3 Å². The Hall–Kier alpha value is -0.563. The Morgan fingerprint density at radius 1 is 1.00 bits per heavy atom. The average molecular weight is 206 g/mol. The van der Waals surface area contributed by atoms with Crippen LogP contribution in [0.4, 0.5) is 0 Å². The molecule has 0 heterocycles. The molecule has 0 amide bonds. The van der Waals surface area contributed by atoms with Gasteiger partial charge in [0, 0.05) is 0 Å². The summed E-state index contributed by atoms with van der Waals surface area (Å²) in [5.74, 6) is 0. The van der Waals surface area contributed by atoms with Crippen molar-refractivity contribution in [3.05, 3.63) is 30.3 Å². The Balaban J connectivity index is 3.11. The Morgan fingerprint density at radius 3 is 1.86 bits per heavy atom. The minimum absolute atomic E-state index is 0.847. The molecule has 0 aliphatic carbocycles. The van der Waals surface area contributed by atoms with Gasteiger partial charge in [-0.3, -0.25) is 0 Å². The second kappa shape index (κ2) is 4.79. The highest BCUT2D eigenvalue weighted by Gasteiger charge is 2.34. The van der Waals surface area contributed by atoms with Crippen molar-refractivity contribution >= 4 is 13.3 Å². The number of rotatable bonds is 4. The number of hydrogen-bond acceptors (Lipinski definition) is 0. The zero-order valence-electron chi connectivity index (χ0n) is 9.88. The second-order valence-electron chi connectivity index (χ2n) is 4.38. The van der Waals surface area contributed by atoms with E-state index in [1.807, 2.05) is 0 Å². The molecule has 0 saturated heterocycles. The van der Waals surface area contributed by atoms with Gasteiger partial charge in [0.25, 0.3) is 0 Å². The average Bonchev–Trinajstić information content (AvgIpc) is 2.22. The molecule has 1 heteroatoms. The van der Waals surface area contributed by atoms with Gasteiger partial charge in [0.1, 0.15) is 0 Å². The lowest BCUT2D eigenvalue weighted by molar-refractivity contribution is 0.978. The molecule has 0 aliphatic rings. The summed E-state index contributed by atoms with van der Waals surface area (Å²) in [6, 6.07) is 13.9. The van der Waals surface area contributed by atoms with Gasteiger partial charge in [-0.15, -0.1) is 0 Å². The Bertz CT molecular complexity index is 260. The molecule has 0 saturated carbocycles. The molecular weight excluding hydrogens is 184 g/mol. The van der Waals surface area contributed by atoms with Crippen LogP contribution >= 0.6 is 0 Å². The first kappa shape index (κ1) is 11.5. The second-order valence-corrected chi connectivity index (χ2v) is 9.84. The van der Waals surface area contributed by atoms with E-state index >= 15 is 0 Å². The summed E-state index contributed by atoms with van der Waals surface area (Å²) in [6.07, 6.45) is 0. The predicted octanol–water partition coefficient (Wildman–Crippen LogP) is 3.79. The molecule has 0 N–H and O–H groups in total. The molecule has 0 bridgehead atoms. The van der Waals surface area contributed by atoms with Crippen molar-refractivity contribution in [2.45, 2.75) is 45.3 Å². The van der Waals surface area contributed by atoms with Crippen LogP contribution in [0.3, 0.4) is 0 Å². The maximum absolute atomic E-state index is 2.40. The van der Waals surface area contributed by atoms with E-state index in [1.165, 1.54) is 12.1 Å². The SMILES string of the molecule is CC[Si](CC)(c1ccccc1)C(C)C. The van der Waals surface area contributed by atoms with Crippen LogP contribution in [-0.4, -0.2) is 8.07 Å². The van der Waals surface area contributed by atoms with Crippen LogP contribution < -0.4 is 5.19 Å². The molecule has 0 nitrogen and oxygen atoms in total. The van der Waals surface area contributed by atoms with E-state index in [0.717, 1.165) is 5.54 Å². The molecule has 78 valence electrons. The van der Waals surface area contributed by atoms with Crippen molar-refractivity contribution < 1.29 is 0 Å². The predicted molar refractivity (Wildman–Crippen MR) is 67.9 cm³/mol. The standard InChI is InChI=1S/C13H22Si/c1-5-14(6-2,12(3)4)13-10-8-7-9-11-13/h7-12H,5-6H2,1-4H3. The van der Waals surface area contributed by atoms with Gasteiger partial charge in [0.2, 0.25) is 0 Å². The topological polar surface area (TPSA) is 0 Å². The maximum Gasteiger partial charge on any atom is 0.0886 e. The third-order valence-corrected chi connectivity index (χ3v) is 9.93. The Morgan fingerprint density at radius 2 is 1.50 bits per heavy atom. The fourth-order valence-corrected chi connectivity index (χ4v) is 7.05. The molecule has 1 aromatic carbocycles. The van der Waals surface area contributed by atoms with E-state index in [0.29, 0.717) is 0 Å². The highest BCUT2D eigenvalue weighted by atomic mass is 28.3. The van der Waals surface area contributed by atoms with E-state index in [9.17, 15) is 0 Å². The highest BCUT2D eigenvalue weighted by molar-refractivity contribution is 6.92. The lowest BCUT2D eigenvalue weighted by atomic mass is 10.4. The quantitative estimate of drug-likeness (QED) is 0.658. The van der Waals surface area contributed by atoms with Gasteiger partial charge in [-0.05, 0) is 5.54 Å². The fraction of sp³-hybridized carbons (Fsp3) is 0.538. The molecule has 0 atom stereocenters. The van der Waals surface area contributed by atoms with Crippen molar-refractivity contribution in [2.75, 3.05) is 0 Å². The maximum atomic E-state index is 2.40. The monoisotopic (exact) mass is 206 g/mol. The summed E-state index contributed by atoms with van der Waals surface area (Å²) in [6.45, 7) is 9.52. The molecule has 1 aromatic rings. The molecule has 0 unspecified atom stereocenters. The van der Waals surface area contributed by atoms with E-state index in [1.54, 1.807) is 5.19 Å². The van der Waals surface area contributed by atoms with Crippen molar-refractivity contribution in [2.24, 2.45) is 0 Å². The van der Waals surface area contributed by atoms with Crippen LogP contribution in [0.25, 0.3) is 0 Å². The summed E-state index contributed by atoms with van der Waals surface area (Å²) < 4.78 is 0.